The van der Waals surface area contributed by atoms with Crippen molar-refractivity contribution in [3.05, 3.63) is 11.8 Å². The third-order valence-electron chi connectivity index (χ3n) is 3.58. The van der Waals surface area contributed by atoms with Gasteiger partial charge in [-0.05, 0) is 18.8 Å². The second-order valence-electron chi connectivity index (χ2n) is 6.63. The summed E-state index contributed by atoms with van der Waals surface area (Å²) in [5.74, 6) is 0.762. The zero-order chi connectivity index (χ0) is 15.0. The molecule has 1 aromatic heterocycles. The van der Waals surface area contributed by atoms with E-state index in [0.29, 0.717) is 24.8 Å². The molecule has 1 aliphatic rings. The molecule has 114 valence electrons. The molecule has 1 saturated heterocycles. The number of H-pyrrole nitrogens is 1. The molecule has 1 aromatic rings. The van der Waals surface area contributed by atoms with Crippen molar-refractivity contribution in [1.29, 1.82) is 0 Å². The lowest BCUT2D eigenvalue weighted by Gasteiger charge is -2.29. The summed E-state index contributed by atoms with van der Waals surface area (Å²) >= 11 is 0. The molecule has 0 aromatic carbocycles. The molecule has 2 N–H and O–H groups in total. The summed E-state index contributed by atoms with van der Waals surface area (Å²) in [6, 6.07) is 1.75. The highest BCUT2D eigenvalue weighted by atomic mass is 32.2. The average molecular weight is 300 g/mol. The Morgan fingerprint density at radius 2 is 2.15 bits per heavy atom. The molecule has 6 nitrogen and oxygen atoms in total. The predicted octanol–water partition coefficient (Wildman–Crippen LogP) is 2.10. The van der Waals surface area contributed by atoms with Gasteiger partial charge in [0.05, 0.1) is 0 Å². The Hall–Kier alpha value is -1.08. The van der Waals surface area contributed by atoms with Crippen LogP contribution in [0.25, 0.3) is 0 Å². The van der Waals surface area contributed by atoms with Crippen molar-refractivity contribution in [3.63, 3.8) is 0 Å². The van der Waals surface area contributed by atoms with E-state index in [-0.39, 0.29) is 5.41 Å². The number of hydrogen-bond acceptors (Lipinski definition) is 3. The molecule has 0 radical (unpaired) electrons. The Balaban J connectivity index is 2.10. The van der Waals surface area contributed by atoms with Crippen molar-refractivity contribution in [2.24, 2.45) is 5.92 Å². The summed E-state index contributed by atoms with van der Waals surface area (Å²) < 4.78 is 28.7. The van der Waals surface area contributed by atoms with E-state index in [1.807, 2.05) is 20.8 Å². The van der Waals surface area contributed by atoms with Crippen molar-refractivity contribution < 1.29 is 8.42 Å². The molecule has 0 aliphatic carbocycles. The van der Waals surface area contributed by atoms with Crippen molar-refractivity contribution in [1.82, 2.24) is 14.5 Å². The minimum absolute atomic E-state index is 0.0870. The first-order chi connectivity index (χ1) is 9.18. The zero-order valence-electron chi connectivity index (χ0n) is 12.6. The average Bonchev–Trinajstić information content (AvgIpc) is 2.76. The molecule has 1 unspecified atom stereocenters. The van der Waals surface area contributed by atoms with Crippen LogP contribution in [0.2, 0.25) is 0 Å². The van der Waals surface area contributed by atoms with Crippen LogP contribution in [0.5, 0.6) is 0 Å². The Kier molecular flexibility index (Phi) is 4.11. The lowest BCUT2D eigenvalue weighted by Crippen LogP contribution is -2.42. The maximum atomic E-state index is 12.3. The van der Waals surface area contributed by atoms with E-state index in [1.54, 1.807) is 6.07 Å². The molecule has 0 bridgehead atoms. The highest BCUT2D eigenvalue weighted by Crippen LogP contribution is 2.24. The Morgan fingerprint density at radius 3 is 2.70 bits per heavy atom. The molecule has 0 spiro atoms. The molecular weight excluding hydrogens is 276 g/mol. The van der Waals surface area contributed by atoms with E-state index < -0.39 is 10.2 Å². The fourth-order valence-corrected chi connectivity index (χ4v) is 3.64. The molecule has 7 heteroatoms. The van der Waals surface area contributed by atoms with Crippen molar-refractivity contribution >= 4 is 16.0 Å². The second-order valence-corrected chi connectivity index (χ2v) is 8.30. The number of aromatic nitrogens is 2. The fourth-order valence-electron chi connectivity index (χ4n) is 2.32. The molecule has 1 fully saturated rings. The van der Waals surface area contributed by atoms with Gasteiger partial charge < -0.3 is 0 Å². The number of anilines is 1. The Bertz CT molecular complexity index is 559. The molecule has 1 aliphatic heterocycles. The highest BCUT2D eigenvalue weighted by Gasteiger charge is 2.28. The van der Waals surface area contributed by atoms with Gasteiger partial charge in [0.15, 0.2) is 5.82 Å². The lowest BCUT2D eigenvalue weighted by molar-refractivity contribution is 0.282. The second kappa shape index (κ2) is 5.37. The zero-order valence-corrected chi connectivity index (χ0v) is 13.4. The predicted molar refractivity (Wildman–Crippen MR) is 79.8 cm³/mol. The molecule has 2 heterocycles. The minimum Gasteiger partial charge on any atom is -0.280 e. The summed E-state index contributed by atoms with van der Waals surface area (Å²) in [5, 5.41) is 6.92. The first kappa shape index (κ1) is 15.3. The van der Waals surface area contributed by atoms with Gasteiger partial charge in [-0.2, -0.15) is 17.8 Å². The van der Waals surface area contributed by atoms with E-state index in [1.165, 1.54) is 4.31 Å². The van der Waals surface area contributed by atoms with E-state index in [2.05, 4.69) is 21.8 Å². The number of nitrogens with one attached hydrogen (secondary N) is 2. The molecule has 0 amide bonds. The topological polar surface area (TPSA) is 78.1 Å². The first-order valence-corrected chi connectivity index (χ1v) is 8.46. The van der Waals surface area contributed by atoms with Crippen LogP contribution in [0, 0.1) is 5.92 Å². The largest absolute Gasteiger partial charge is 0.302 e. The van der Waals surface area contributed by atoms with Gasteiger partial charge in [0.1, 0.15) is 0 Å². The van der Waals surface area contributed by atoms with E-state index >= 15 is 0 Å². The van der Waals surface area contributed by atoms with Gasteiger partial charge in [-0.15, -0.1) is 0 Å². The van der Waals surface area contributed by atoms with Crippen LogP contribution in [-0.2, 0) is 15.6 Å². The third kappa shape index (κ3) is 3.52. The van der Waals surface area contributed by atoms with Crippen LogP contribution in [0.15, 0.2) is 6.07 Å². The highest BCUT2D eigenvalue weighted by molar-refractivity contribution is 7.90. The number of nitrogens with zero attached hydrogens (tertiary/aromatic N) is 2. The first-order valence-electron chi connectivity index (χ1n) is 7.02. The van der Waals surface area contributed by atoms with Crippen molar-refractivity contribution in [2.45, 2.75) is 46.0 Å². The van der Waals surface area contributed by atoms with Gasteiger partial charge in [0.2, 0.25) is 0 Å². The third-order valence-corrected chi connectivity index (χ3v) is 5.06. The van der Waals surface area contributed by atoms with E-state index in [4.69, 9.17) is 0 Å². The molecule has 2 rings (SSSR count). The quantitative estimate of drug-likeness (QED) is 0.897. The van der Waals surface area contributed by atoms with Gasteiger partial charge in [-0.3, -0.25) is 9.82 Å². The smallest absolute Gasteiger partial charge is 0.280 e. The van der Waals surface area contributed by atoms with Crippen molar-refractivity contribution in [3.8, 4) is 0 Å². The van der Waals surface area contributed by atoms with Gasteiger partial charge in [0, 0.05) is 30.3 Å². The number of piperidine rings is 1. The summed E-state index contributed by atoms with van der Waals surface area (Å²) in [6.07, 6.45) is 2.00. The molecule has 0 saturated carbocycles. The number of hydrogen-bond donors (Lipinski definition) is 2. The normalized spacial score (nSPS) is 21.9. The van der Waals surface area contributed by atoms with Gasteiger partial charge >= 0.3 is 10.2 Å². The van der Waals surface area contributed by atoms with Crippen LogP contribution in [0.4, 0.5) is 5.82 Å². The Labute approximate surface area is 121 Å². The van der Waals surface area contributed by atoms with Crippen LogP contribution in [0.1, 0.15) is 46.2 Å². The summed E-state index contributed by atoms with van der Waals surface area (Å²) in [7, 11) is -3.50. The van der Waals surface area contributed by atoms with E-state index in [0.717, 1.165) is 18.5 Å². The van der Waals surface area contributed by atoms with Gasteiger partial charge in [-0.1, -0.05) is 27.7 Å². The van der Waals surface area contributed by atoms with Gasteiger partial charge in [-0.25, -0.2) is 0 Å². The standard InChI is InChI=1S/C13H24N4O2S/c1-10-6-5-7-17(9-10)20(18,19)16-12-8-11(14-15-12)13(2,3)4/h8,10H,5-7,9H2,1-4H3,(H2,14,15,16). The molecule has 20 heavy (non-hydrogen) atoms. The minimum atomic E-state index is -3.50. The van der Waals surface area contributed by atoms with Crippen molar-refractivity contribution in [2.75, 3.05) is 17.8 Å². The van der Waals surface area contributed by atoms with Crippen LogP contribution < -0.4 is 4.72 Å². The van der Waals surface area contributed by atoms with Gasteiger partial charge in [0.25, 0.3) is 0 Å². The van der Waals surface area contributed by atoms with E-state index in [9.17, 15) is 8.42 Å². The Morgan fingerprint density at radius 1 is 1.45 bits per heavy atom. The monoisotopic (exact) mass is 300 g/mol. The van der Waals surface area contributed by atoms with Crippen LogP contribution in [0.3, 0.4) is 0 Å². The maximum Gasteiger partial charge on any atom is 0.302 e. The van der Waals surface area contributed by atoms with Crippen LogP contribution >= 0.6 is 0 Å². The lowest BCUT2D eigenvalue weighted by atomic mass is 9.92. The SMILES string of the molecule is CC1CCCN(S(=O)(=O)Nc2cc(C(C)(C)C)[nH]n2)C1. The van der Waals surface area contributed by atoms with Crippen LogP contribution in [-0.4, -0.2) is 36.0 Å². The summed E-state index contributed by atoms with van der Waals surface area (Å²) in [4.78, 5) is 0. The summed E-state index contributed by atoms with van der Waals surface area (Å²) in [6.45, 7) is 9.37. The fraction of sp³-hybridized carbons (Fsp3) is 0.769. The molecular formula is C13H24N4O2S. The number of rotatable bonds is 3. The number of aromatic amines is 1. The molecule has 1 atom stereocenters. The maximum absolute atomic E-state index is 12.3. The summed E-state index contributed by atoms with van der Waals surface area (Å²) in [5.41, 5.74) is 0.818.